The minimum atomic E-state index is -3.71. The van der Waals surface area contributed by atoms with Crippen LogP contribution in [0.25, 0.3) is 0 Å². The number of nitrogens with one attached hydrogen (secondary N) is 2. The molecule has 2 N–H and O–H groups in total. The fraction of sp³-hybridized carbons (Fsp3) is 0.630. The van der Waals surface area contributed by atoms with E-state index in [1.54, 1.807) is 30.5 Å². The van der Waals surface area contributed by atoms with Crippen molar-refractivity contribution >= 4 is 15.9 Å². The fourth-order valence-corrected chi connectivity index (χ4v) is 9.36. The lowest BCUT2D eigenvalue weighted by molar-refractivity contribution is -0.0666. The third kappa shape index (κ3) is 4.33. The Kier molecular flexibility index (Phi) is 5.79. The number of benzene rings is 1. The molecule has 5 aliphatic rings. The molecule has 0 spiro atoms. The van der Waals surface area contributed by atoms with E-state index in [4.69, 9.17) is 0 Å². The van der Waals surface area contributed by atoms with Crippen molar-refractivity contribution in [3.63, 3.8) is 0 Å². The van der Waals surface area contributed by atoms with Gasteiger partial charge in [-0.3, -0.25) is 4.79 Å². The number of rotatable bonds is 6. The molecule has 2 aromatic rings. The molecule has 35 heavy (non-hydrogen) atoms. The van der Waals surface area contributed by atoms with E-state index in [9.17, 15) is 13.2 Å². The molecular weight excluding hydrogens is 460 g/mol. The van der Waals surface area contributed by atoms with E-state index < -0.39 is 10.0 Å². The Morgan fingerprint density at radius 3 is 2.37 bits per heavy atom. The van der Waals surface area contributed by atoms with Crippen LogP contribution in [0.4, 0.5) is 0 Å². The third-order valence-corrected chi connectivity index (χ3v) is 11.0. The van der Waals surface area contributed by atoms with Crippen LogP contribution in [-0.4, -0.2) is 48.3 Å². The predicted octanol–water partition coefficient (Wildman–Crippen LogP) is 4.31. The number of hydrogen-bond acceptors (Lipinski definition) is 4. The standard InChI is InChI=1S/C27H36N4O3S/c1-18(27-15-19-11-20(16-27)13-21(12-19)17-27)30-35(33,34)24-4-2-3-23(14-24)26(32)31-9-5-22(6-10-31)25-28-7-8-29-25/h2-4,7-8,14,18-22,30H,5-6,9-13,15-17H2,1H3,(H,28,29). The molecule has 7 rings (SSSR count). The zero-order chi connectivity index (χ0) is 24.2. The topological polar surface area (TPSA) is 95.2 Å². The molecule has 8 heteroatoms. The van der Waals surface area contributed by atoms with E-state index in [-0.39, 0.29) is 22.3 Å². The number of amides is 1. The smallest absolute Gasteiger partial charge is 0.253 e. The normalized spacial score (nSPS) is 31.6. The molecule has 1 atom stereocenters. The maximum Gasteiger partial charge on any atom is 0.253 e. The summed E-state index contributed by atoms with van der Waals surface area (Å²) in [5.74, 6) is 3.51. The molecule has 4 bridgehead atoms. The molecule has 1 aromatic heterocycles. The van der Waals surface area contributed by atoms with Crippen LogP contribution in [0.2, 0.25) is 0 Å². The zero-order valence-corrected chi connectivity index (χ0v) is 21.3. The minimum absolute atomic E-state index is 0.0909. The lowest BCUT2D eigenvalue weighted by atomic mass is 9.48. The molecule has 0 radical (unpaired) electrons. The van der Waals surface area contributed by atoms with Crippen molar-refractivity contribution in [3.05, 3.63) is 48.0 Å². The summed E-state index contributed by atoms with van der Waals surface area (Å²) in [6, 6.07) is 6.47. The van der Waals surface area contributed by atoms with Gasteiger partial charge in [0, 0.05) is 43.0 Å². The van der Waals surface area contributed by atoms with Crippen molar-refractivity contribution in [2.24, 2.45) is 23.2 Å². The van der Waals surface area contributed by atoms with Crippen molar-refractivity contribution in [2.75, 3.05) is 13.1 Å². The number of nitrogens with zero attached hydrogens (tertiary/aromatic N) is 2. The predicted molar refractivity (Wildman–Crippen MR) is 133 cm³/mol. The second-order valence-electron chi connectivity index (χ2n) is 11.7. The number of carbonyl (C=O) groups is 1. The van der Waals surface area contributed by atoms with Crippen LogP contribution in [-0.2, 0) is 10.0 Å². The first-order valence-corrected chi connectivity index (χ1v) is 14.7. The third-order valence-electron chi connectivity index (χ3n) is 9.42. The molecule has 1 amide bonds. The highest BCUT2D eigenvalue weighted by Crippen LogP contribution is 2.61. The summed E-state index contributed by atoms with van der Waals surface area (Å²) < 4.78 is 29.9. The number of aromatic nitrogens is 2. The van der Waals surface area contributed by atoms with Crippen molar-refractivity contribution in [3.8, 4) is 0 Å². The van der Waals surface area contributed by atoms with Gasteiger partial charge in [-0.05, 0) is 99.7 Å². The van der Waals surface area contributed by atoms with Gasteiger partial charge in [-0.2, -0.15) is 0 Å². The molecule has 4 saturated carbocycles. The minimum Gasteiger partial charge on any atom is -0.348 e. The lowest BCUT2D eigenvalue weighted by Gasteiger charge is -2.59. The van der Waals surface area contributed by atoms with Crippen LogP contribution in [0, 0.1) is 23.2 Å². The molecule has 1 unspecified atom stereocenters. The van der Waals surface area contributed by atoms with Crippen LogP contribution in [0.15, 0.2) is 41.6 Å². The summed E-state index contributed by atoms with van der Waals surface area (Å²) in [6.07, 6.45) is 12.7. The van der Waals surface area contributed by atoms with E-state index >= 15 is 0 Å². The Morgan fingerprint density at radius 1 is 1.11 bits per heavy atom. The zero-order valence-electron chi connectivity index (χ0n) is 20.4. The SMILES string of the molecule is CC(NS(=O)(=O)c1cccc(C(=O)N2CCC(c3ncc[nH]3)CC2)c1)C12CC3CC(CC(C3)C1)C2. The van der Waals surface area contributed by atoms with E-state index in [2.05, 4.69) is 21.6 Å². The molecule has 1 aromatic carbocycles. The summed E-state index contributed by atoms with van der Waals surface area (Å²) in [5.41, 5.74) is 0.528. The number of carbonyl (C=O) groups excluding carboxylic acids is 1. The maximum atomic E-state index is 13.4. The number of hydrogen-bond donors (Lipinski definition) is 2. The number of sulfonamides is 1. The quantitative estimate of drug-likeness (QED) is 0.623. The summed E-state index contributed by atoms with van der Waals surface area (Å²) in [5, 5.41) is 0. The molecule has 188 valence electrons. The van der Waals surface area contributed by atoms with Gasteiger partial charge < -0.3 is 9.88 Å². The van der Waals surface area contributed by atoms with Gasteiger partial charge in [0.1, 0.15) is 5.82 Å². The van der Waals surface area contributed by atoms with Crippen molar-refractivity contribution in [2.45, 2.75) is 75.1 Å². The van der Waals surface area contributed by atoms with Crippen molar-refractivity contribution in [1.29, 1.82) is 0 Å². The highest BCUT2D eigenvalue weighted by molar-refractivity contribution is 7.89. The Labute approximate surface area is 208 Å². The molecule has 4 aliphatic carbocycles. The van der Waals surface area contributed by atoms with Gasteiger partial charge in [-0.1, -0.05) is 6.07 Å². The number of likely N-dealkylation sites (tertiary alicyclic amines) is 1. The lowest BCUT2D eigenvalue weighted by Crippen LogP contribution is -2.55. The van der Waals surface area contributed by atoms with Gasteiger partial charge in [0.15, 0.2) is 0 Å². The van der Waals surface area contributed by atoms with Crippen molar-refractivity contribution in [1.82, 2.24) is 19.6 Å². The van der Waals surface area contributed by atoms with Gasteiger partial charge in [-0.15, -0.1) is 0 Å². The van der Waals surface area contributed by atoms with Gasteiger partial charge in [0.2, 0.25) is 10.0 Å². The Bertz CT molecular complexity index is 1150. The van der Waals surface area contributed by atoms with Crippen LogP contribution in [0.5, 0.6) is 0 Å². The van der Waals surface area contributed by atoms with Gasteiger partial charge in [0.05, 0.1) is 4.90 Å². The van der Waals surface area contributed by atoms with Gasteiger partial charge in [0.25, 0.3) is 5.91 Å². The largest absolute Gasteiger partial charge is 0.348 e. The number of piperidine rings is 1. The first-order chi connectivity index (χ1) is 16.8. The van der Waals surface area contributed by atoms with Crippen molar-refractivity contribution < 1.29 is 13.2 Å². The van der Waals surface area contributed by atoms with E-state index in [0.29, 0.717) is 24.6 Å². The molecule has 1 saturated heterocycles. The Hall–Kier alpha value is -2.19. The summed E-state index contributed by atoms with van der Waals surface area (Å²) in [7, 11) is -3.71. The van der Waals surface area contributed by atoms with E-state index in [1.165, 1.54) is 19.3 Å². The van der Waals surface area contributed by atoms with Crippen LogP contribution in [0.1, 0.15) is 80.4 Å². The molecule has 5 fully saturated rings. The average molecular weight is 497 g/mol. The number of imidazole rings is 1. The van der Waals surface area contributed by atoms with Crippen LogP contribution >= 0.6 is 0 Å². The van der Waals surface area contributed by atoms with E-state index in [1.807, 2.05) is 11.1 Å². The molecule has 7 nitrogen and oxygen atoms in total. The molecule has 1 aliphatic heterocycles. The molecular formula is C27H36N4O3S. The summed E-state index contributed by atoms with van der Waals surface area (Å²) in [4.78, 5) is 22.8. The monoisotopic (exact) mass is 496 g/mol. The maximum absolute atomic E-state index is 13.4. The number of H-pyrrole nitrogens is 1. The second-order valence-corrected chi connectivity index (χ2v) is 13.4. The van der Waals surface area contributed by atoms with Crippen LogP contribution in [0.3, 0.4) is 0 Å². The van der Waals surface area contributed by atoms with E-state index in [0.717, 1.165) is 55.7 Å². The second kappa shape index (κ2) is 8.73. The highest BCUT2D eigenvalue weighted by atomic mass is 32.2. The average Bonchev–Trinajstić information content (AvgIpc) is 3.38. The molecule has 2 heterocycles. The van der Waals surface area contributed by atoms with Crippen LogP contribution < -0.4 is 4.72 Å². The summed E-state index contributed by atoms with van der Waals surface area (Å²) >= 11 is 0. The fourth-order valence-electron chi connectivity index (χ4n) is 7.97. The first-order valence-electron chi connectivity index (χ1n) is 13.2. The first kappa shape index (κ1) is 23.2. The highest BCUT2D eigenvalue weighted by Gasteiger charge is 2.53. The van der Waals surface area contributed by atoms with Gasteiger partial charge in [-0.25, -0.2) is 18.1 Å². The number of aromatic amines is 1. The summed E-state index contributed by atoms with van der Waals surface area (Å²) in [6.45, 7) is 3.34. The Morgan fingerprint density at radius 2 is 1.77 bits per heavy atom. The Balaban J connectivity index is 1.14. The van der Waals surface area contributed by atoms with Gasteiger partial charge >= 0.3 is 0 Å².